The van der Waals surface area contributed by atoms with Crippen LogP contribution in [0, 0.1) is 0 Å². The lowest BCUT2D eigenvalue weighted by Crippen LogP contribution is -2.23. The highest BCUT2D eigenvalue weighted by Crippen LogP contribution is 2.34. The number of hydrogen-bond donors (Lipinski definition) is 1. The van der Waals surface area contributed by atoms with Gasteiger partial charge in [0.25, 0.3) is 0 Å². The van der Waals surface area contributed by atoms with Gasteiger partial charge in [-0.3, -0.25) is 0 Å². The van der Waals surface area contributed by atoms with Crippen LogP contribution in [0.15, 0.2) is 65.1 Å². The second kappa shape index (κ2) is 9.70. The fraction of sp³-hybridized carbons (Fsp3) is 0.250. The lowest BCUT2D eigenvalue weighted by molar-refractivity contribution is 0.414. The van der Waals surface area contributed by atoms with E-state index in [4.69, 9.17) is 15.2 Å². The van der Waals surface area contributed by atoms with E-state index in [1.165, 1.54) is 11.1 Å². The number of ether oxygens (including phenoxy) is 2. The molecule has 0 radical (unpaired) electrons. The third-order valence-corrected chi connectivity index (χ3v) is 5.45. The first-order chi connectivity index (χ1) is 14.0. The fourth-order valence-electron chi connectivity index (χ4n) is 3.34. The first-order valence-electron chi connectivity index (χ1n) is 9.62. The zero-order chi connectivity index (χ0) is 20.8. The zero-order valence-corrected chi connectivity index (χ0v) is 18.7. The Hall–Kier alpha value is -2.66. The van der Waals surface area contributed by atoms with Crippen molar-refractivity contribution >= 4 is 27.3 Å². The van der Waals surface area contributed by atoms with E-state index in [9.17, 15) is 0 Å². The van der Waals surface area contributed by atoms with E-state index in [1.807, 2.05) is 24.3 Å². The quantitative estimate of drug-likeness (QED) is 0.435. The summed E-state index contributed by atoms with van der Waals surface area (Å²) in [5, 5.41) is 0. The van der Waals surface area contributed by atoms with Crippen molar-refractivity contribution in [2.75, 3.05) is 24.9 Å². The van der Waals surface area contributed by atoms with Crippen molar-refractivity contribution in [1.82, 2.24) is 0 Å². The number of rotatable bonds is 8. The molecule has 3 aromatic rings. The first-order valence-corrected chi connectivity index (χ1v) is 10.4. The highest BCUT2D eigenvalue weighted by molar-refractivity contribution is 9.10. The Kier molecular flexibility index (Phi) is 7.04. The third-order valence-electron chi connectivity index (χ3n) is 5.00. The molecule has 0 saturated heterocycles. The Morgan fingerprint density at radius 1 is 0.828 bits per heavy atom. The van der Waals surface area contributed by atoms with Crippen LogP contribution in [0.5, 0.6) is 11.5 Å². The maximum absolute atomic E-state index is 6.56. The second-order valence-corrected chi connectivity index (χ2v) is 7.82. The normalized spacial score (nSPS) is 10.6. The average molecular weight is 455 g/mol. The van der Waals surface area contributed by atoms with Gasteiger partial charge in [-0.1, -0.05) is 47.1 Å². The summed E-state index contributed by atoms with van der Waals surface area (Å²) in [4.78, 5) is 2.31. The Balaban J connectivity index is 1.96. The molecule has 0 heterocycles. The summed E-state index contributed by atoms with van der Waals surface area (Å²) in [5.41, 5.74) is 11.9. The molecule has 0 bridgehead atoms. The second-order valence-electron chi connectivity index (χ2n) is 6.90. The van der Waals surface area contributed by atoms with E-state index in [1.54, 1.807) is 14.2 Å². The van der Waals surface area contributed by atoms with E-state index in [0.717, 1.165) is 52.4 Å². The molecule has 152 valence electrons. The van der Waals surface area contributed by atoms with Gasteiger partial charge >= 0.3 is 0 Å². The standard InChI is InChI=1S/C24H27BrN2O2/c1-4-19-13-20(25)14-23(24(19)26)27(15-17-5-9-21(28-2)10-6-17)16-18-7-11-22(29-3)12-8-18/h5-14H,4,15-16,26H2,1-3H3. The van der Waals surface area contributed by atoms with Crippen molar-refractivity contribution in [3.05, 3.63) is 81.8 Å². The zero-order valence-electron chi connectivity index (χ0n) is 17.1. The molecule has 0 aromatic heterocycles. The van der Waals surface area contributed by atoms with Crippen molar-refractivity contribution in [2.24, 2.45) is 0 Å². The Morgan fingerprint density at radius 3 is 1.72 bits per heavy atom. The SMILES string of the molecule is CCc1cc(Br)cc(N(Cc2ccc(OC)cc2)Cc2ccc(OC)cc2)c1N. The van der Waals surface area contributed by atoms with Crippen molar-refractivity contribution in [3.8, 4) is 11.5 Å². The number of nitrogen functional groups attached to an aromatic ring is 1. The Bertz CT molecular complexity index is 891. The van der Waals surface area contributed by atoms with Gasteiger partial charge in [0, 0.05) is 17.6 Å². The predicted octanol–water partition coefficient (Wildman–Crippen LogP) is 5.82. The third kappa shape index (κ3) is 5.24. The van der Waals surface area contributed by atoms with E-state index >= 15 is 0 Å². The summed E-state index contributed by atoms with van der Waals surface area (Å²) in [6, 6.07) is 20.5. The minimum atomic E-state index is 0.736. The smallest absolute Gasteiger partial charge is 0.118 e. The van der Waals surface area contributed by atoms with Gasteiger partial charge in [-0.15, -0.1) is 0 Å². The predicted molar refractivity (Wildman–Crippen MR) is 124 cm³/mol. The van der Waals surface area contributed by atoms with Crippen LogP contribution in [0.2, 0.25) is 0 Å². The number of nitrogens with two attached hydrogens (primary N) is 1. The largest absolute Gasteiger partial charge is 0.497 e. The molecule has 0 fully saturated rings. The van der Waals surface area contributed by atoms with Crippen LogP contribution in [0.4, 0.5) is 11.4 Å². The molecule has 0 aliphatic rings. The minimum absolute atomic E-state index is 0.736. The summed E-state index contributed by atoms with van der Waals surface area (Å²) in [5.74, 6) is 1.70. The number of aryl methyl sites for hydroxylation is 1. The Morgan fingerprint density at radius 2 is 1.31 bits per heavy atom. The van der Waals surface area contributed by atoms with E-state index in [0.29, 0.717) is 0 Å². The van der Waals surface area contributed by atoms with Gasteiger partial charge in [0.1, 0.15) is 11.5 Å². The molecule has 4 nitrogen and oxygen atoms in total. The summed E-state index contributed by atoms with van der Waals surface area (Å²) >= 11 is 3.65. The highest BCUT2D eigenvalue weighted by Gasteiger charge is 2.15. The van der Waals surface area contributed by atoms with Crippen molar-refractivity contribution in [2.45, 2.75) is 26.4 Å². The monoisotopic (exact) mass is 454 g/mol. The van der Waals surface area contributed by atoms with Crippen LogP contribution < -0.4 is 20.1 Å². The first kappa shape index (κ1) is 21.1. The molecule has 0 aliphatic carbocycles. The summed E-state index contributed by atoms with van der Waals surface area (Å²) in [7, 11) is 3.36. The van der Waals surface area contributed by atoms with Crippen molar-refractivity contribution < 1.29 is 9.47 Å². The van der Waals surface area contributed by atoms with Gasteiger partial charge < -0.3 is 20.1 Å². The summed E-state index contributed by atoms with van der Waals surface area (Å²) < 4.78 is 11.6. The number of nitrogens with zero attached hydrogens (tertiary/aromatic N) is 1. The highest BCUT2D eigenvalue weighted by atomic mass is 79.9. The van der Waals surface area contributed by atoms with Crippen LogP contribution in [-0.4, -0.2) is 14.2 Å². The number of halogens is 1. The maximum Gasteiger partial charge on any atom is 0.118 e. The molecular weight excluding hydrogens is 428 g/mol. The molecule has 0 unspecified atom stereocenters. The lowest BCUT2D eigenvalue weighted by atomic mass is 10.1. The number of methoxy groups -OCH3 is 2. The maximum atomic E-state index is 6.56. The van der Waals surface area contributed by atoms with Gasteiger partial charge in [0.15, 0.2) is 0 Å². The topological polar surface area (TPSA) is 47.7 Å². The molecule has 0 spiro atoms. The minimum Gasteiger partial charge on any atom is -0.497 e. The molecular formula is C24H27BrN2O2. The van der Waals surface area contributed by atoms with Gasteiger partial charge in [0.05, 0.1) is 25.6 Å². The van der Waals surface area contributed by atoms with Crippen LogP contribution in [0.1, 0.15) is 23.6 Å². The fourth-order valence-corrected chi connectivity index (χ4v) is 3.83. The lowest BCUT2D eigenvalue weighted by Gasteiger charge is -2.28. The van der Waals surface area contributed by atoms with E-state index in [-0.39, 0.29) is 0 Å². The van der Waals surface area contributed by atoms with Gasteiger partial charge in [0.2, 0.25) is 0 Å². The average Bonchev–Trinajstić information content (AvgIpc) is 2.75. The molecule has 5 heteroatoms. The Labute approximate surface area is 181 Å². The van der Waals surface area contributed by atoms with Crippen LogP contribution in [-0.2, 0) is 19.5 Å². The van der Waals surface area contributed by atoms with Gasteiger partial charge in [-0.05, 0) is 59.5 Å². The van der Waals surface area contributed by atoms with Crippen molar-refractivity contribution in [3.63, 3.8) is 0 Å². The molecule has 0 atom stereocenters. The van der Waals surface area contributed by atoms with Gasteiger partial charge in [-0.25, -0.2) is 0 Å². The van der Waals surface area contributed by atoms with Crippen LogP contribution >= 0.6 is 15.9 Å². The molecule has 2 N–H and O–H groups in total. The molecule has 0 aliphatic heterocycles. The van der Waals surface area contributed by atoms with Crippen molar-refractivity contribution in [1.29, 1.82) is 0 Å². The molecule has 0 amide bonds. The van der Waals surface area contributed by atoms with Crippen LogP contribution in [0.3, 0.4) is 0 Å². The molecule has 0 saturated carbocycles. The summed E-state index contributed by atoms with van der Waals surface area (Å²) in [6.45, 7) is 3.60. The molecule has 3 aromatic carbocycles. The number of hydrogen-bond acceptors (Lipinski definition) is 4. The van der Waals surface area contributed by atoms with Gasteiger partial charge in [-0.2, -0.15) is 0 Å². The van der Waals surface area contributed by atoms with E-state index in [2.05, 4.69) is 64.2 Å². The summed E-state index contributed by atoms with van der Waals surface area (Å²) in [6.07, 6.45) is 0.886. The van der Waals surface area contributed by atoms with Crippen LogP contribution in [0.25, 0.3) is 0 Å². The molecule has 3 rings (SSSR count). The number of anilines is 2. The van der Waals surface area contributed by atoms with E-state index < -0.39 is 0 Å². The molecule has 29 heavy (non-hydrogen) atoms. The number of benzene rings is 3.